The van der Waals surface area contributed by atoms with Crippen LogP contribution in [0.1, 0.15) is 12.7 Å². The molecule has 72 valence electrons. The highest BCUT2D eigenvalue weighted by Crippen LogP contribution is 1.96. The lowest BCUT2D eigenvalue weighted by molar-refractivity contribution is -0.142. The Morgan fingerprint density at radius 3 is 3.15 bits per heavy atom. The lowest BCUT2D eigenvalue weighted by Gasteiger charge is -2.02. The summed E-state index contributed by atoms with van der Waals surface area (Å²) in [5.41, 5.74) is 0. The Kier molecular flexibility index (Phi) is 3.39. The molecule has 13 heavy (non-hydrogen) atoms. The minimum Gasteiger partial charge on any atom is -0.480 e. The Bertz CT molecular complexity index is 284. The molecule has 1 aromatic heterocycles. The van der Waals surface area contributed by atoms with Crippen molar-refractivity contribution < 1.29 is 14.6 Å². The summed E-state index contributed by atoms with van der Waals surface area (Å²) in [5, 5.41) is 15.8. The minimum absolute atomic E-state index is 0.181. The average molecular weight is 185 g/mol. The normalized spacial score (nSPS) is 10.2. The molecule has 0 spiro atoms. The summed E-state index contributed by atoms with van der Waals surface area (Å²) < 4.78 is 6.65. The average Bonchev–Trinajstić information content (AvgIpc) is 2.51. The van der Waals surface area contributed by atoms with Gasteiger partial charge in [-0.2, -0.15) is 0 Å². The summed E-state index contributed by atoms with van der Waals surface area (Å²) in [4.78, 5) is 10.1. The molecule has 0 aliphatic heterocycles. The molecule has 6 nitrogen and oxygen atoms in total. The summed E-state index contributed by atoms with van der Waals surface area (Å²) in [5.74, 6) is -0.341. The van der Waals surface area contributed by atoms with E-state index in [0.717, 1.165) is 6.54 Å². The highest BCUT2D eigenvalue weighted by atomic mass is 16.5. The van der Waals surface area contributed by atoms with Crippen LogP contribution in [0, 0.1) is 0 Å². The van der Waals surface area contributed by atoms with Gasteiger partial charge in [-0.1, -0.05) is 0 Å². The number of hydrogen-bond acceptors (Lipinski definition) is 4. The van der Waals surface area contributed by atoms with E-state index >= 15 is 0 Å². The van der Waals surface area contributed by atoms with Gasteiger partial charge in [-0.3, -0.25) is 0 Å². The molecule has 0 aromatic carbocycles. The Morgan fingerprint density at radius 2 is 2.54 bits per heavy atom. The summed E-state index contributed by atoms with van der Waals surface area (Å²) in [7, 11) is 0. The SMILES string of the molecule is CCn1cnnc1COCC(=O)O. The van der Waals surface area contributed by atoms with Crippen LogP contribution in [0.2, 0.25) is 0 Å². The van der Waals surface area contributed by atoms with Crippen molar-refractivity contribution in [3.63, 3.8) is 0 Å². The van der Waals surface area contributed by atoms with Gasteiger partial charge in [0.2, 0.25) is 0 Å². The highest BCUT2D eigenvalue weighted by Gasteiger charge is 2.03. The molecule has 0 bridgehead atoms. The zero-order chi connectivity index (χ0) is 9.68. The quantitative estimate of drug-likeness (QED) is 0.693. The molecule has 1 rings (SSSR count). The number of nitrogens with zero attached hydrogens (tertiary/aromatic N) is 3. The molecule has 0 fully saturated rings. The number of carboxylic acid groups (broad SMARTS) is 1. The summed E-state index contributed by atoms with van der Waals surface area (Å²) in [6, 6.07) is 0. The highest BCUT2D eigenvalue weighted by molar-refractivity contribution is 5.67. The smallest absolute Gasteiger partial charge is 0.329 e. The summed E-state index contributed by atoms with van der Waals surface area (Å²) >= 11 is 0. The van der Waals surface area contributed by atoms with E-state index < -0.39 is 5.97 Å². The standard InChI is InChI=1S/C7H11N3O3/c1-2-10-5-8-9-6(10)3-13-4-7(11)12/h5H,2-4H2,1H3,(H,11,12). The third-order valence-electron chi connectivity index (χ3n) is 1.49. The van der Waals surface area contributed by atoms with E-state index in [2.05, 4.69) is 10.2 Å². The molecule has 0 atom stereocenters. The van der Waals surface area contributed by atoms with Crippen molar-refractivity contribution in [1.82, 2.24) is 14.8 Å². The van der Waals surface area contributed by atoms with E-state index in [1.165, 1.54) is 0 Å². The molecule has 1 aromatic rings. The Labute approximate surface area is 75.2 Å². The third-order valence-corrected chi connectivity index (χ3v) is 1.49. The maximum Gasteiger partial charge on any atom is 0.329 e. The first-order chi connectivity index (χ1) is 6.24. The van der Waals surface area contributed by atoms with Crippen LogP contribution < -0.4 is 0 Å². The van der Waals surface area contributed by atoms with Crippen molar-refractivity contribution in [3.8, 4) is 0 Å². The number of aliphatic carboxylic acids is 1. The third kappa shape index (κ3) is 2.83. The molecule has 1 N–H and O–H groups in total. The monoisotopic (exact) mass is 185 g/mol. The maximum absolute atomic E-state index is 10.1. The molecular weight excluding hydrogens is 174 g/mol. The van der Waals surface area contributed by atoms with E-state index in [4.69, 9.17) is 9.84 Å². The van der Waals surface area contributed by atoms with Gasteiger partial charge in [0.1, 0.15) is 19.5 Å². The van der Waals surface area contributed by atoms with Crippen LogP contribution in [0.3, 0.4) is 0 Å². The fraction of sp³-hybridized carbons (Fsp3) is 0.571. The number of carbonyl (C=O) groups is 1. The fourth-order valence-corrected chi connectivity index (χ4v) is 0.884. The van der Waals surface area contributed by atoms with Crippen molar-refractivity contribution in [2.75, 3.05) is 6.61 Å². The van der Waals surface area contributed by atoms with E-state index in [-0.39, 0.29) is 13.2 Å². The fourth-order valence-electron chi connectivity index (χ4n) is 0.884. The first-order valence-electron chi connectivity index (χ1n) is 3.90. The molecule has 0 unspecified atom stereocenters. The van der Waals surface area contributed by atoms with Crippen molar-refractivity contribution in [2.24, 2.45) is 0 Å². The molecule has 0 aliphatic rings. The largest absolute Gasteiger partial charge is 0.480 e. The van der Waals surface area contributed by atoms with Gasteiger partial charge in [-0.25, -0.2) is 4.79 Å². The molecule has 0 saturated carbocycles. The molecule has 0 saturated heterocycles. The first kappa shape index (κ1) is 9.66. The number of ether oxygens (including phenoxy) is 1. The maximum atomic E-state index is 10.1. The van der Waals surface area contributed by atoms with Crippen LogP contribution >= 0.6 is 0 Å². The van der Waals surface area contributed by atoms with Gasteiger partial charge < -0.3 is 14.4 Å². The van der Waals surface area contributed by atoms with E-state index in [1.807, 2.05) is 6.92 Å². The van der Waals surface area contributed by atoms with Gasteiger partial charge >= 0.3 is 5.97 Å². The number of aryl methyl sites for hydroxylation is 1. The van der Waals surface area contributed by atoms with E-state index in [9.17, 15) is 4.79 Å². The van der Waals surface area contributed by atoms with Crippen LogP contribution in [-0.4, -0.2) is 32.4 Å². The number of carboxylic acids is 1. The zero-order valence-corrected chi connectivity index (χ0v) is 7.30. The lowest BCUT2D eigenvalue weighted by atomic mass is 10.6. The lowest BCUT2D eigenvalue weighted by Crippen LogP contribution is -2.09. The second-order valence-corrected chi connectivity index (χ2v) is 2.42. The van der Waals surface area contributed by atoms with Gasteiger partial charge in [0.25, 0.3) is 0 Å². The number of rotatable bonds is 5. The number of hydrogen-bond donors (Lipinski definition) is 1. The molecule has 1 heterocycles. The van der Waals surface area contributed by atoms with Crippen molar-refractivity contribution >= 4 is 5.97 Å². The van der Waals surface area contributed by atoms with Gasteiger partial charge in [0.05, 0.1) is 0 Å². The van der Waals surface area contributed by atoms with Crippen LogP contribution in [0.5, 0.6) is 0 Å². The Hall–Kier alpha value is -1.43. The number of aromatic nitrogens is 3. The molecule has 0 aliphatic carbocycles. The van der Waals surface area contributed by atoms with Crippen molar-refractivity contribution in [1.29, 1.82) is 0 Å². The van der Waals surface area contributed by atoms with Gasteiger partial charge in [0, 0.05) is 6.54 Å². The predicted octanol–water partition coefficient (Wildman–Crippen LogP) is -0.101. The van der Waals surface area contributed by atoms with Crippen LogP contribution in [0.4, 0.5) is 0 Å². The second kappa shape index (κ2) is 4.56. The van der Waals surface area contributed by atoms with E-state index in [1.54, 1.807) is 10.9 Å². The summed E-state index contributed by atoms with van der Waals surface area (Å²) in [6.07, 6.45) is 1.58. The van der Waals surface area contributed by atoms with Crippen molar-refractivity contribution in [3.05, 3.63) is 12.2 Å². The van der Waals surface area contributed by atoms with Gasteiger partial charge in [-0.15, -0.1) is 10.2 Å². The Morgan fingerprint density at radius 1 is 1.77 bits per heavy atom. The molecule has 6 heteroatoms. The van der Waals surface area contributed by atoms with Crippen LogP contribution in [0.15, 0.2) is 6.33 Å². The van der Waals surface area contributed by atoms with Crippen LogP contribution in [0.25, 0.3) is 0 Å². The minimum atomic E-state index is -0.984. The molecular formula is C7H11N3O3. The van der Waals surface area contributed by atoms with Crippen molar-refractivity contribution in [2.45, 2.75) is 20.1 Å². The van der Waals surface area contributed by atoms with Gasteiger partial charge in [0.15, 0.2) is 5.82 Å². The molecule has 0 amide bonds. The van der Waals surface area contributed by atoms with Crippen LogP contribution in [-0.2, 0) is 22.7 Å². The topological polar surface area (TPSA) is 77.2 Å². The molecule has 0 radical (unpaired) electrons. The second-order valence-electron chi connectivity index (χ2n) is 2.42. The zero-order valence-electron chi connectivity index (χ0n) is 7.30. The summed E-state index contributed by atoms with van der Waals surface area (Å²) in [6.45, 7) is 2.57. The predicted molar refractivity (Wildman–Crippen MR) is 43.0 cm³/mol. The van der Waals surface area contributed by atoms with E-state index in [0.29, 0.717) is 5.82 Å². The Balaban J connectivity index is 2.40. The first-order valence-corrected chi connectivity index (χ1v) is 3.90. The van der Waals surface area contributed by atoms with Gasteiger partial charge in [-0.05, 0) is 6.92 Å².